The molecular formula is C23H30O3. The summed E-state index contributed by atoms with van der Waals surface area (Å²) >= 11 is 0. The van der Waals surface area contributed by atoms with Crippen LogP contribution in [0.3, 0.4) is 0 Å². The van der Waals surface area contributed by atoms with E-state index in [0.29, 0.717) is 11.7 Å². The van der Waals surface area contributed by atoms with Crippen LogP contribution in [0.5, 0.6) is 11.5 Å². The molecule has 2 aromatic carbocycles. The average Bonchev–Trinajstić information content (AvgIpc) is 2.53. The van der Waals surface area contributed by atoms with Crippen LogP contribution in [-0.4, -0.2) is 12.6 Å². The van der Waals surface area contributed by atoms with E-state index in [9.17, 15) is 4.79 Å². The van der Waals surface area contributed by atoms with Crippen molar-refractivity contribution < 1.29 is 14.3 Å². The van der Waals surface area contributed by atoms with Crippen molar-refractivity contribution in [3.05, 3.63) is 58.7 Å². The zero-order chi connectivity index (χ0) is 19.5. The third kappa shape index (κ3) is 5.10. The summed E-state index contributed by atoms with van der Waals surface area (Å²) in [6, 6.07) is 12.0. The molecule has 26 heavy (non-hydrogen) atoms. The van der Waals surface area contributed by atoms with Crippen LogP contribution in [0.4, 0.5) is 0 Å². The van der Waals surface area contributed by atoms with Crippen LogP contribution in [0.1, 0.15) is 62.8 Å². The van der Waals surface area contributed by atoms with Gasteiger partial charge in [-0.25, -0.2) is 4.79 Å². The van der Waals surface area contributed by atoms with Crippen molar-refractivity contribution in [1.82, 2.24) is 0 Å². The van der Waals surface area contributed by atoms with Crippen LogP contribution in [-0.2, 0) is 10.2 Å². The molecule has 3 nitrogen and oxygen atoms in total. The van der Waals surface area contributed by atoms with Crippen molar-refractivity contribution in [2.24, 2.45) is 0 Å². The van der Waals surface area contributed by atoms with Crippen molar-refractivity contribution in [3.63, 3.8) is 0 Å². The highest BCUT2D eigenvalue weighted by molar-refractivity contribution is 5.74. The molecule has 0 bridgehead atoms. The van der Waals surface area contributed by atoms with Gasteiger partial charge >= 0.3 is 5.97 Å². The minimum absolute atomic E-state index is 0.107. The molecule has 0 unspecified atom stereocenters. The van der Waals surface area contributed by atoms with Crippen LogP contribution < -0.4 is 9.47 Å². The Balaban J connectivity index is 2.13. The van der Waals surface area contributed by atoms with Gasteiger partial charge in [0, 0.05) is 5.56 Å². The summed E-state index contributed by atoms with van der Waals surface area (Å²) in [6.07, 6.45) is 0. The number of ether oxygens (including phenoxy) is 2. The molecule has 0 fully saturated rings. The molecule has 0 amide bonds. The molecule has 0 spiro atoms. The third-order valence-electron chi connectivity index (χ3n) is 4.30. The molecule has 0 saturated heterocycles. The molecule has 2 rings (SSSR count). The first-order valence-corrected chi connectivity index (χ1v) is 9.13. The number of esters is 1. The number of benzene rings is 2. The molecule has 0 heterocycles. The van der Waals surface area contributed by atoms with Gasteiger partial charge in [0.15, 0.2) is 6.61 Å². The minimum atomic E-state index is -0.393. The van der Waals surface area contributed by atoms with Gasteiger partial charge in [0.05, 0.1) is 0 Å². The molecule has 140 valence electrons. The first kappa shape index (κ1) is 20.0. The Labute approximate surface area is 157 Å². The number of carbonyl (C=O) groups is 1. The van der Waals surface area contributed by atoms with E-state index in [1.807, 2.05) is 32.0 Å². The molecule has 0 saturated carbocycles. The van der Waals surface area contributed by atoms with E-state index >= 15 is 0 Å². The van der Waals surface area contributed by atoms with Crippen LogP contribution in [0.2, 0.25) is 0 Å². The van der Waals surface area contributed by atoms with Crippen molar-refractivity contribution in [2.75, 3.05) is 6.61 Å². The highest BCUT2D eigenvalue weighted by atomic mass is 16.6. The van der Waals surface area contributed by atoms with E-state index in [1.165, 1.54) is 0 Å². The summed E-state index contributed by atoms with van der Waals surface area (Å²) < 4.78 is 11.4. The molecule has 0 atom stereocenters. The van der Waals surface area contributed by atoms with E-state index in [-0.39, 0.29) is 12.0 Å². The zero-order valence-electron chi connectivity index (χ0n) is 17.0. The monoisotopic (exact) mass is 354 g/mol. The maximum atomic E-state index is 12.4. The molecule has 3 heteroatoms. The van der Waals surface area contributed by atoms with Crippen LogP contribution in [0.15, 0.2) is 36.4 Å². The summed E-state index contributed by atoms with van der Waals surface area (Å²) in [4.78, 5) is 12.4. The molecule has 0 aromatic heterocycles. The Bertz CT molecular complexity index is 783. The van der Waals surface area contributed by atoms with Gasteiger partial charge in [-0.2, -0.15) is 0 Å². The zero-order valence-corrected chi connectivity index (χ0v) is 17.0. The van der Waals surface area contributed by atoms with Gasteiger partial charge in [0.2, 0.25) is 0 Å². The molecule has 0 aliphatic heterocycles. The van der Waals surface area contributed by atoms with E-state index in [2.05, 4.69) is 52.8 Å². The summed E-state index contributed by atoms with van der Waals surface area (Å²) in [5.41, 5.74) is 4.25. The summed E-state index contributed by atoms with van der Waals surface area (Å²) in [7, 11) is 0. The number of hydrogen-bond donors (Lipinski definition) is 0. The summed E-state index contributed by atoms with van der Waals surface area (Å²) in [5, 5.41) is 0. The van der Waals surface area contributed by atoms with E-state index < -0.39 is 5.97 Å². The van der Waals surface area contributed by atoms with E-state index in [4.69, 9.17) is 9.47 Å². The molecule has 2 aromatic rings. The number of carbonyl (C=O) groups excluding carboxylic acids is 1. The Morgan fingerprint density at radius 3 is 2.19 bits per heavy atom. The number of rotatable bonds is 5. The van der Waals surface area contributed by atoms with Gasteiger partial charge in [-0.1, -0.05) is 64.4 Å². The lowest BCUT2D eigenvalue weighted by Crippen LogP contribution is -2.21. The third-order valence-corrected chi connectivity index (χ3v) is 4.30. The first-order valence-electron chi connectivity index (χ1n) is 9.13. The lowest BCUT2D eigenvalue weighted by Gasteiger charge is -2.23. The second-order valence-electron chi connectivity index (χ2n) is 8.21. The van der Waals surface area contributed by atoms with Crippen molar-refractivity contribution in [1.29, 1.82) is 0 Å². The fraction of sp³-hybridized carbons (Fsp3) is 0.435. The molecule has 0 aliphatic carbocycles. The predicted octanol–water partition coefficient (Wildman–Crippen LogP) is 5.71. The van der Waals surface area contributed by atoms with Crippen LogP contribution in [0.25, 0.3) is 0 Å². The van der Waals surface area contributed by atoms with Crippen molar-refractivity contribution >= 4 is 5.97 Å². The Morgan fingerprint density at radius 1 is 0.962 bits per heavy atom. The summed E-state index contributed by atoms with van der Waals surface area (Å²) in [5.74, 6) is 1.28. The molecule has 0 radical (unpaired) electrons. The van der Waals surface area contributed by atoms with Crippen molar-refractivity contribution in [2.45, 2.75) is 59.8 Å². The van der Waals surface area contributed by atoms with Crippen LogP contribution in [0, 0.1) is 13.8 Å². The SMILES string of the molecule is Cc1ccc(C(C)C)c(OCC(=O)Oc2ccc(C)cc2C(C)(C)C)c1. The van der Waals surface area contributed by atoms with Gasteiger partial charge in [-0.05, 0) is 48.4 Å². The Kier molecular flexibility index (Phi) is 6.12. The van der Waals surface area contributed by atoms with Gasteiger partial charge in [0.25, 0.3) is 0 Å². The first-order chi connectivity index (χ1) is 12.1. The van der Waals surface area contributed by atoms with E-state index in [0.717, 1.165) is 28.0 Å². The topological polar surface area (TPSA) is 35.5 Å². The highest BCUT2D eigenvalue weighted by Gasteiger charge is 2.21. The lowest BCUT2D eigenvalue weighted by atomic mass is 9.85. The number of aryl methyl sites for hydroxylation is 2. The van der Waals surface area contributed by atoms with E-state index in [1.54, 1.807) is 0 Å². The second kappa shape index (κ2) is 7.94. The average molecular weight is 354 g/mol. The molecule has 0 aliphatic rings. The Hall–Kier alpha value is -2.29. The van der Waals surface area contributed by atoms with Gasteiger partial charge in [-0.3, -0.25) is 0 Å². The van der Waals surface area contributed by atoms with Gasteiger partial charge in [-0.15, -0.1) is 0 Å². The van der Waals surface area contributed by atoms with Gasteiger partial charge in [0.1, 0.15) is 11.5 Å². The maximum absolute atomic E-state index is 12.4. The predicted molar refractivity (Wildman–Crippen MR) is 106 cm³/mol. The van der Waals surface area contributed by atoms with Crippen LogP contribution >= 0.6 is 0 Å². The maximum Gasteiger partial charge on any atom is 0.349 e. The fourth-order valence-corrected chi connectivity index (χ4v) is 2.85. The largest absolute Gasteiger partial charge is 0.482 e. The normalized spacial score (nSPS) is 11.5. The smallest absolute Gasteiger partial charge is 0.349 e. The quantitative estimate of drug-likeness (QED) is 0.510. The standard InChI is InChI=1S/C23H30O3/c1-15(2)18-10-8-17(4)13-21(18)25-14-22(24)26-20-11-9-16(3)12-19(20)23(5,6)7/h8-13,15H,14H2,1-7H3. The molecule has 0 N–H and O–H groups in total. The fourth-order valence-electron chi connectivity index (χ4n) is 2.85. The van der Waals surface area contributed by atoms with Gasteiger partial charge < -0.3 is 9.47 Å². The Morgan fingerprint density at radius 2 is 1.58 bits per heavy atom. The second-order valence-corrected chi connectivity index (χ2v) is 8.21. The summed E-state index contributed by atoms with van der Waals surface area (Å²) in [6.45, 7) is 14.5. The number of hydrogen-bond acceptors (Lipinski definition) is 3. The highest BCUT2D eigenvalue weighted by Crippen LogP contribution is 2.32. The minimum Gasteiger partial charge on any atom is -0.482 e. The molecular weight excluding hydrogens is 324 g/mol. The van der Waals surface area contributed by atoms with Crippen molar-refractivity contribution in [3.8, 4) is 11.5 Å². The lowest BCUT2D eigenvalue weighted by molar-refractivity contribution is -0.136.